The quantitative estimate of drug-likeness (QED) is 0.796. The van der Waals surface area contributed by atoms with Crippen molar-refractivity contribution >= 4 is 17.3 Å². The number of rotatable bonds is 6. The van der Waals surface area contributed by atoms with Crippen molar-refractivity contribution in [2.24, 2.45) is 0 Å². The summed E-state index contributed by atoms with van der Waals surface area (Å²) in [7, 11) is 0. The van der Waals surface area contributed by atoms with E-state index in [-0.39, 0.29) is 12.1 Å². The highest BCUT2D eigenvalue weighted by molar-refractivity contribution is 7.80. The van der Waals surface area contributed by atoms with Crippen molar-refractivity contribution in [2.45, 2.75) is 51.7 Å². The number of aromatic nitrogens is 2. The van der Waals surface area contributed by atoms with Crippen LogP contribution in [0.5, 0.6) is 0 Å². The molecule has 1 N–H and O–H groups in total. The predicted octanol–water partition coefficient (Wildman–Crippen LogP) is 4.24. The van der Waals surface area contributed by atoms with Gasteiger partial charge in [0.15, 0.2) is 5.11 Å². The molecule has 1 saturated heterocycles. The molecule has 2 atom stereocenters. The lowest BCUT2D eigenvalue weighted by Gasteiger charge is -2.29. The maximum absolute atomic E-state index is 5.67. The summed E-state index contributed by atoms with van der Waals surface area (Å²) in [5.41, 5.74) is 2.34. The zero-order chi connectivity index (χ0) is 17.1. The number of nitrogens with one attached hydrogen (secondary N) is 1. The van der Waals surface area contributed by atoms with Crippen LogP contribution in [0, 0.1) is 0 Å². The van der Waals surface area contributed by atoms with Gasteiger partial charge in [0.2, 0.25) is 0 Å². The van der Waals surface area contributed by atoms with Crippen LogP contribution in [0.3, 0.4) is 0 Å². The summed E-state index contributed by atoms with van der Waals surface area (Å²) in [5.74, 6) is 0. The minimum Gasteiger partial charge on any atom is -0.352 e. The highest BCUT2D eigenvalue weighted by Gasteiger charge is 2.40. The summed E-state index contributed by atoms with van der Waals surface area (Å²) in [4.78, 5) is 6.93. The van der Waals surface area contributed by atoms with Crippen LogP contribution in [-0.2, 0) is 0 Å². The van der Waals surface area contributed by atoms with Gasteiger partial charge in [0.25, 0.3) is 0 Å². The van der Waals surface area contributed by atoms with E-state index in [0.717, 1.165) is 30.2 Å². The molecule has 0 saturated carbocycles. The smallest absolute Gasteiger partial charge is 0.170 e. The predicted molar refractivity (Wildman–Crippen MR) is 102 cm³/mol. The van der Waals surface area contributed by atoms with Crippen molar-refractivity contribution in [3.8, 4) is 0 Å². The number of unbranched alkanes of at least 4 members (excludes halogenated alkanes) is 1. The molecule has 2 aromatic rings. The van der Waals surface area contributed by atoms with Crippen LogP contribution in [0.15, 0.2) is 42.7 Å². The molecule has 1 aliphatic rings. The minimum absolute atomic E-state index is 0.0861. The van der Waals surface area contributed by atoms with Gasteiger partial charge in [-0.3, -0.25) is 4.98 Å². The summed E-state index contributed by atoms with van der Waals surface area (Å²) >= 11 is 5.67. The lowest BCUT2D eigenvalue weighted by molar-refractivity contribution is 0.295. The third-order valence-electron chi connectivity index (χ3n) is 4.62. The third kappa shape index (κ3) is 3.18. The zero-order valence-corrected chi connectivity index (χ0v) is 15.5. The van der Waals surface area contributed by atoms with Gasteiger partial charge in [-0.1, -0.05) is 19.4 Å². The Morgan fingerprint density at radius 2 is 2.08 bits per heavy atom. The van der Waals surface area contributed by atoms with Crippen molar-refractivity contribution < 1.29 is 0 Å². The van der Waals surface area contributed by atoms with Gasteiger partial charge in [0.05, 0.1) is 17.8 Å². The van der Waals surface area contributed by atoms with Crippen LogP contribution in [0.2, 0.25) is 0 Å². The minimum atomic E-state index is 0.0861. The number of pyridine rings is 1. The molecule has 128 valence electrons. The molecule has 3 heterocycles. The second-order valence-corrected chi connectivity index (χ2v) is 6.99. The van der Waals surface area contributed by atoms with E-state index in [1.165, 1.54) is 5.69 Å². The van der Waals surface area contributed by atoms with E-state index in [0.29, 0.717) is 6.04 Å². The summed E-state index contributed by atoms with van der Waals surface area (Å²) in [6, 6.07) is 11.1. The summed E-state index contributed by atoms with van der Waals surface area (Å²) < 4.78 is 2.34. The van der Waals surface area contributed by atoms with Crippen LogP contribution in [-0.4, -0.2) is 26.1 Å². The normalized spacial score (nSPS) is 20.7. The fourth-order valence-corrected chi connectivity index (χ4v) is 3.76. The highest BCUT2D eigenvalue weighted by atomic mass is 32.1. The Kier molecular flexibility index (Phi) is 5.19. The van der Waals surface area contributed by atoms with E-state index in [4.69, 9.17) is 12.2 Å². The molecule has 1 aliphatic heterocycles. The van der Waals surface area contributed by atoms with E-state index in [2.05, 4.69) is 64.9 Å². The molecular weight excluding hydrogens is 316 g/mol. The third-order valence-corrected chi connectivity index (χ3v) is 4.97. The van der Waals surface area contributed by atoms with E-state index < -0.39 is 0 Å². The van der Waals surface area contributed by atoms with E-state index in [1.807, 2.05) is 18.3 Å². The van der Waals surface area contributed by atoms with Crippen LogP contribution in [0.25, 0.3) is 0 Å². The Balaban J connectivity index is 2.02. The molecule has 4 nitrogen and oxygen atoms in total. The fraction of sp³-hybridized carbons (Fsp3) is 0.474. The fourth-order valence-electron chi connectivity index (χ4n) is 3.42. The largest absolute Gasteiger partial charge is 0.352 e. The van der Waals surface area contributed by atoms with Crippen LogP contribution >= 0.6 is 12.2 Å². The number of nitrogens with zero attached hydrogens (tertiary/aromatic N) is 3. The molecule has 0 radical (unpaired) electrons. The summed E-state index contributed by atoms with van der Waals surface area (Å²) in [6.45, 7) is 7.63. The average molecular weight is 343 g/mol. The van der Waals surface area contributed by atoms with E-state index in [1.54, 1.807) is 0 Å². The Morgan fingerprint density at radius 3 is 2.75 bits per heavy atom. The first-order valence-corrected chi connectivity index (χ1v) is 9.19. The van der Waals surface area contributed by atoms with Gasteiger partial charge in [0, 0.05) is 30.7 Å². The molecule has 0 aromatic carbocycles. The second kappa shape index (κ2) is 7.34. The second-order valence-electron chi connectivity index (χ2n) is 6.61. The molecule has 0 aliphatic carbocycles. The van der Waals surface area contributed by atoms with Crippen molar-refractivity contribution in [1.29, 1.82) is 0 Å². The summed E-state index contributed by atoms with van der Waals surface area (Å²) in [6.07, 6.45) is 6.31. The highest BCUT2D eigenvalue weighted by Crippen LogP contribution is 2.39. The topological polar surface area (TPSA) is 33.1 Å². The zero-order valence-electron chi connectivity index (χ0n) is 14.6. The van der Waals surface area contributed by atoms with Crippen LogP contribution in [0.4, 0.5) is 0 Å². The maximum Gasteiger partial charge on any atom is 0.170 e. The van der Waals surface area contributed by atoms with Gasteiger partial charge in [-0.15, -0.1) is 0 Å². The number of hydrogen-bond acceptors (Lipinski definition) is 2. The molecule has 3 rings (SSSR count). The first-order valence-electron chi connectivity index (χ1n) is 8.78. The number of hydrogen-bond donors (Lipinski definition) is 1. The molecule has 0 amide bonds. The molecule has 24 heavy (non-hydrogen) atoms. The van der Waals surface area contributed by atoms with Gasteiger partial charge >= 0.3 is 0 Å². The Hall–Kier alpha value is -1.88. The maximum atomic E-state index is 5.67. The van der Waals surface area contributed by atoms with Gasteiger partial charge in [-0.05, 0) is 56.8 Å². The van der Waals surface area contributed by atoms with Crippen LogP contribution in [0.1, 0.15) is 63.1 Å². The Labute approximate surface area is 149 Å². The standard InChI is InChI=1S/C19H26N4S/c1-4-5-12-23-18(16-10-8-13-22(16)14(2)3)17(21-19(23)24)15-9-6-7-11-20-15/h6-11,13-14,17-18H,4-5,12H2,1-3H3,(H,21,24)/t17-,18-/m1/s1. The molecule has 0 spiro atoms. The van der Waals surface area contributed by atoms with Gasteiger partial charge in [0.1, 0.15) is 0 Å². The van der Waals surface area contributed by atoms with Gasteiger partial charge < -0.3 is 14.8 Å². The molecule has 5 heteroatoms. The van der Waals surface area contributed by atoms with Gasteiger partial charge in [-0.2, -0.15) is 0 Å². The van der Waals surface area contributed by atoms with Crippen molar-refractivity contribution in [1.82, 2.24) is 19.8 Å². The molecule has 0 bridgehead atoms. The van der Waals surface area contributed by atoms with E-state index >= 15 is 0 Å². The van der Waals surface area contributed by atoms with Crippen molar-refractivity contribution in [2.75, 3.05) is 6.54 Å². The SMILES string of the molecule is CCCCN1C(=S)N[C@H](c2ccccn2)[C@H]1c1cccn1C(C)C. The number of thiocarbonyl (C=S) groups is 1. The molecule has 0 unspecified atom stereocenters. The van der Waals surface area contributed by atoms with Crippen molar-refractivity contribution in [3.63, 3.8) is 0 Å². The Morgan fingerprint density at radius 1 is 1.25 bits per heavy atom. The van der Waals surface area contributed by atoms with Gasteiger partial charge in [-0.25, -0.2) is 0 Å². The summed E-state index contributed by atoms with van der Waals surface area (Å²) in [5, 5.41) is 4.35. The lowest BCUT2D eigenvalue weighted by atomic mass is 10.0. The first kappa shape index (κ1) is 17.0. The monoisotopic (exact) mass is 342 g/mol. The van der Waals surface area contributed by atoms with Crippen molar-refractivity contribution in [3.05, 3.63) is 54.1 Å². The Bertz CT molecular complexity index is 680. The molecule has 2 aromatic heterocycles. The average Bonchev–Trinajstić information content (AvgIpc) is 3.18. The molecular formula is C19H26N4S. The lowest BCUT2D eigenvalue weighted by Crippen LogP contribution is -2.31. The first-order chi connectivity index (χ1) is 11.6. The van der Waals surface area contributed by atoms with E-state index in [9.17, 15) is 0 Å². The van der Waals surface area contributed by atoms with Crippen LogP contribution < -0.4 is 5.32 Å². The molecule has 1 fully saturated rings.